The highest BCUT2D eigenvalue weighted by Gasteiger charge is 2.25. The lowest BCUT2D eigenvalue weighted by Crippen LogP contribution is -2.44. The molecule has 1 aromatic carbocycles. The normalized spacial score (nSPS) is 17.8. The first-order chi connectivity index (χ1) is 9.08. The Hall–Kier alpha value is -1.55. The maximum atomic E-state index is 12.4. The number of hydrogen-bond donors (Lipinski definition) is 1. The van der Waals surface area contributed by atoms with Crippen LogP contribution in [0.4, 0.5) is 5.69 Å². The fourth-order valence-electron chi connectivity index (χ4n) is 2.35. The number of para-hydroxylation sites is 1. The zero-order valence-corrected chi connectivity index (χ0v) is 12.0. The summed E-state index contributed by atoms with van der Waals surface area (Å²) < 4.78 is 0. The molecular weight excluding hydrogens is 238 g/mol. The van der Waals surface area contributed by atoms with Gasteiger partial charge in [-0.15, -0.1) is 0 Å². The number of aryl methyl sites for hydroxylation is 1. The van der Waals surface area contributed by atoms with Gasteiger partial charge in [-0.25, -0.2) is 0 Å². The molecule has 0 aliphatic carbocycles. The molecule has 0 aromatic heterocycles. The summed E-state index contributed by atoms with van der Waals surface area (Å²) >= 11 is 0. The Kier molecular flexibility index (Phi) is 4.43. The Morgan fingerprint density at radius 1 is 1.26 bits per heavy atom. The molecule has 1 aromatic rings. The summed E-state index contributed by atoms with van der Waals surface area (Å²) in [6, 6.07) is 8.15. The van der Waals surface area contributed by atoms with Crippen LogP contribution in [-0.4, -0.2) is 56.0 Å². The second kappa shape index (κ2) is 6.06. The summed E-state index contributed by atoms with van der Waals surface area (Å²) in [7, 11) is 5.93. The zero-order valence-electron chi connectivity index (χ0n) is 12.0. The second-order valence-corrected chi connectivity index (χ2v) is 5.46. The third-order valence-corrected chi connectivity index (χ3v) is 3.61. The molecule has 1 unspecified atom stereocenters. The van der Waals surface area contributed by atoms with Crippen LogP contribution in [0.25, 0.3) is 0 Å². The van der Waals surface area contributed by atoms with Crippen LogP contribution in [0.1, 0.15) is 12.0 Å². The van der Waals surface area contributed by atoms with Crippen molar-refractivity contribution in [3.05, 3.63) is 29.8 Å². The molecule has 0 spiro atoms. The van der Waals surface area contributed by atoms with E-state index >= 15 is 0 Å². The Balaban J connectivity index is 1.95. The van der Waals surface area contributed by atoms with E-state index in [1.807, 2.05) is 38.2 Å². The van der Waals surface area contributed by atoms with Crippen LogP contribution in [0.5, 0.6) is 0 Å². The highest BCUT2D eigenvalue weighted by atomic mass is 16.2. The van der Waals surface area contributed by atoms with E-state index in [0.29, 0.717) is 0 Å². The lowest BCUT2D eigenvalue weighted by Gasteiger charge is -2.30. The van der Waals surface area contributed by atoms with Gasteiger partial charge in [-0.1, -0.05) is 18.2 Å². The smallest absolute Gasteiger partial charge is 0.244 e. The molecule has 1 amide bonds. The van der Waals surface area contributed by atoms with E-state index in [1.165, 1.54) is 5.56 Å². The van der Waals surface area contributed by atoms with E-state index in [-0.39, 0.29) is 11.9 Å². The molecule has 0 saturated carbocycles. The summed E-state index contributed by atoms with van der Waals surface area (Å²) in [5, 5.41) is 3.36. The van der Waals surface area contributed by atoms with Gasteiger partial charge >= 0.3 is 0 Å². The van der Waals surface area contributed by atoms with Crippen molar-refractivity contribution < 1.29 is 4.79 Å². The molecule has 0 saturated heterocycles. The van der Waals surface area contributed by atoms with Crippen LogP contribution in [0.15, 0.2) is 24.3 Å². The molecule has 4 heteroatoms. The quantitative estimate of drug-likeness (QED) is 0.890. The van der Waals surface area contributed by atoms with Crippen LogP contribution in [0.3, 0.4) is 0 Å². The van der Waals surface area contributed by atoms with Gasteiger partial charge in [-0.05, 0) is 38.6 Å². The van der Waals surface area contributed by atoms with Crippen LogP contribution >= 0.6 is 0 Å². The fourth-order valence-corrected chi connectivity index (χ4v) is 2.35. The van der Waals surface area contributed by atoms with Gasteiger partial charge in [0.2, 0.25) is 5.91 Å². The van der Waals surface area contributed by atoms with Crippen molar-refractivity contribution in [3.63, 3.8) is 0 Å². The topological polar surface area (TPSA) is 35.6 Å². The van der Waals surface area contributed by atoms with Crippen LogP contribution in [0, 0.1) is 0 Å². The number of carbonyl (C=O) groups is 1. The molecule has 1 aliphatic rings. The first kappa shape index (κ1) is 13.9. The minimum Gasteiger partial charge on any atom is -0.373 e. The van der Waals surface area contributed by atoms with Gasteiger partial charge in [0.15, 0.2) is 0 Å². The Bertz CT molecular complexity index is 445. The van der Waals surface area contributed by atoms with Gasteiger partial charge in [0, 0.05) is 25.8 Å². The third-order valence-electron chi connectivity index (χ3n) is 3.61. The van der Waals surface area contributed by atoms with E-state index in [2.05, 4.69) is 22.3 Å². The molecule has 104 valence electrons. The van der Waals surface area contributed by atoms with Gasteiger partial charge in [0.25, 0.3) is 0 Å². The molecule has 4 nitrogen and oxygen atoms in total. The molecule has 0 fully saturated rings. The van der Waals surface area contributed by atoms with Crippen molar-refractivity contribution >= 4 is 11.6 Å². The first-order valence-electron chi connectivity index (χ1n) is 6.82. The molecule has 19 heavy (non-hydrogen) atoms. The van der Waals surface area contributed by atoms with Crippen molar-refractivity contribution in [1.29, 1.82) is 0 Å². The number of rotatable bonds is 4. The summed E-state index contributed by atoms with van der Waals surface area (Å²) in [4.78, 5) is 16.3. The van der Waals surface area contributed by atoms with Gasteiger partial charge < -0.3 is 15.1 Å². The molecule has 1 heterocycles. The van der Waals surface area contributed by atoms with E-state index in [0.717, 1.165) is 31.6 Å². The SMILES string of the molecule is CN(C)CCN(C)C(=O)C1CCc2ccccc2N1. The first-order valence-corrected chi connectivity index (χ1v) is 6.82. The summed E-state index contributed by atoms with van der Waals surface area (Å²) in [6.07, 6.45) is 1.85. The monoisotopic (exact) mass is 261 g/mol. The molecule has 1 aliphatic heterocycles. The molecule has 2 rings (SSSR count). The standard InChI is InChI=1S/C15H23N3O/c1-17(2)10-11-18(3)15(19)14-9-8-12-6-4-5-7-13(12)16-14/h4-7,14,16H,8-11H2,1-3H3. The molecule has 0 radical (unpaired) electrons. The number of anilines is 1. The number of nitrogens with zero attached hydrogens (tertiary/aromatic N) is 2. The Morgan fingerprint density at radius 3 is 2.74 bits per heavy atom. The van der Waals surface area contributed by atoms with E-state index < -0.39 is 0 Å². The van der Waals surface area contributed by atoms with E-state index in [1.54, 1.807) is 0 Å². The van der Waals surface area contributed by atoms with E-state index in [9.17, 15) is 4.79 Å². The summed E-state index contributed by atoms with van der Waals surface area (Å²) in [5.74, 6) is 0.191. The Morgan fingerprint density at radius 2 is 2.00 bits per heavy atom. The highest BCUT2D eigenvalue weighted by Crippen LogP contribution is 2.24. The maximum Gasteiger partial charge on any atom is 0.244 e. The lowest BCUT2D eigenvalue weighted by atomic mass is 9.97. The number of benzene rings is 1. The van der Waals surface area contributed by atoms with Crippen LogP contribution in [0.2, 0.25) is 0 Å². The fraction of sp³-hybridized carbons (Fsp3) is 0.533. The van der Waals surface area contributed by atoms with Gasteiger partial charge in [0.1, 0.15) is 6.04 Å². The zero-order chi connectivity index (χ0) is 13.8. The lowest BCUT2D eigenvalue weighted by molar-refractivity contribution is -0.131. The molecule has 0 bridgehead atoms. The number of hydrogen-bond acceptors (Lipinski definition) is 3. The van der Waals surface area contributed by atoms with E-state index in [4.69, 9.17) is 0 Å². The maximum absolute atomic E-state index is 12.4. The number of fused-ring (bicyclic) bond motifs is 1. The van der Waals surface area contributed by atoms with Gasteiger partial charge in [-0.2, -0.15) is 0 Å². The molecule has 1 N–H and O–H groups in total. The van der Waals surface area contributed by atoms with Crippen molar-refractivity contribution in [2.24, 2.45) is 0 Å². The van der Waals surface area contributed by atoms with Gasteiger partial charge in [0.05, 0.1) is 0 Å². The van der Waals surface area contributed by atoms with Crippen molar-refractivity contribution in [1.82, 2.24) is 9.80 Å². The van der Waals surface area contributed by atoms with Crippen molar-refractivity contribution in [3.8, 4) is 0 Å². The minimum atomic E-state index is -0.0814. The number of likely N-dealkylation sites (N-methyl/N-ethyl adjacent to an activating group) is 2. The predicted molar refractivity (Wildman–Crippen MR) is 78.4 cm³/mol. The third kappa shape index (κ3) is 3.47. The number of carbonyl (C=O) groups excluding carboxylic acids is 1. The van der Waals surface area contributed by atoms with Crippen molar-refractivity contribution in [2.45, 2.75) is 18.9 Å². The van der Waals surface area contributed by atoms with Crippen LogP contribution < -0.4 is 5.32 Å². The van der Waals surface area contributed by atoms with Crippen LogP contribution in [-0.2, 0) is 11.2 Å². The summed E-state index contributed by atoms with van der Waals surface area (Å²) in [6.45, 7) is 1.66. The molecular formula is C15H23N3O. The highest BCUT2D eigenvalue weighted by molar-refractivity contribution is 5.85. The minimum absolute atomic E-state index is 0.0814. The predicted octanol–water partition coefficient (Wildman–Crippen LogP) is 1.43. The number of nitrogens with one attached hydrogen (secondary N) is 1. The van der Waals surface area contributed by atoms with Crippen molar-refractivity contribution in [2.75, 3.05) is 39.5 Å². The number of amides is 1. The summed E-state index contributed by atoms with van der Waals surface area (Å²) in [5.41, 5.74) is 2.41. The Labute approximate surface area is 115 Å². The van der Waals surface area contributed by atoms with Gasteiger partial charge in [-0.3, -0.25) is 4.79 Å². The average Bonchev–Trinajstić information content (AvgIpc) is 2.43. The second-order valence-electron chi connectivity index (χ2n) is 5.46. The molecule has 1 atom stereocenters. The largest absolute Gasteiger partial charge is 0.373 e. The average molecular weight is 261 g/mol.